The molecule has 5 N–H and O–H groups in total. The first-order valence-electron chi connectivity index (χ1n) is 10.9. The number of nitrogen functional groups attached to an aromatic ring is 1. The first kappa shape index (κ1) is 25.0. The molecule has 34 heavy (non-hydrogen) atoms. The maximum atomic E-state index is 13.7. The highest BCUT2D eigenvalue weighted by molar-refractivity contribution is 7.09. The molecule has 0 aliphatic rings. The van der Waals surface area contributed by atoms with Crippen LogP contribution in [-0.2, 0) is 11.3 Å². The monoisotopic (exact) mass is 483 g/mol. The molecule has 180 valence electrons. The molecule has 0 aliphatic heterocycles. The van der Waals surface area contributed by atoms with Gasteiger partial charge >= 0.3 is 0 Å². The smallest absolute Gasteiger partial charge is 0.270 e. The number of primary amides is 1. The predicted octanol–water partition coefficient (Wildman–Crippen LogP) is 3.27. The number of nitrogens with one attached hydrogen (secondary N) is 1. The predicted molar refractivity (Wildman–Crippen MR) is 130 cm³/mol. The fraction of sp³-hybridized carbons (Fsp3) is 0.333. The molecule has 9 nitrogen and oxygen atoms in total. The summed E-state index contributed by atoms with van der Waals surface area (Å²) in [7, 11) is 0. The van der Waals surface area contributed by atoms with Crippen LogP contribution in [0.15, 0.2) is 47.1 Å². The summed E-state index contributed by atoms with van der Waals surface area (Å²) in [5, 5.41) is 2.95. The number of benzene rings is 1. The van der Waals surface area contributed by atoms with Crippen molar-refractivity contribution in [2.75, 3.05) is 12.3 Å². The van der Waals surface area contributed by atoms with Gasteiger partial charge in [-0.2, -0.15) is 4.37 Å². The Labute approximate surface area is 202 Å². The van der Waals surface area contributed by atoms with E-state index < -0.39 is 17.9 Å². The Morgan fingerprint density at radius 3 is 2.44 bits per heavy atom. The second-order valence-corrected chi connectivity index (χ2v) is 9.21. The van der Waals surface area contributed by atoms with Crippen LogP contribution in [0.25, 0.3) is 0 Å². The number of nitrogens with zero attached hydrogens (tertiary/aromatic N) is 2. The third-order valence-corrected chi connectivity index (χ3v) is 6.15. The first-order valence-corrected chi connectivity index (χ1v) is 11.7. The number of amides is 3. The van der Waals surface area contributed by atoms with Gasteiger partial charge in [0.25, 0.3) is 11.8 Å². The van der Waals surface area contributed by atoms with Crippen LogP contribution in [0.4, 0.5) is 5.69 Å². The van der Waals surface area contributed by atoms with Gasteiger partial charge in [-0.1, -0.05) is 43.7 Å². The van der Waals surface area contributed by atoms with Crippen LogP contribution in [0.1, 0.15) is 63.4 Å². The van der Waals surface area contributed by atoms with Crippen molar-refractivity contribution in [3.05, 3.63) is 70.1 Å². The first-order chi connectivity index (χ1) is 16.2. The Bertz CT molecular complexity index is 1140. The van der Waals surface area contributed by atoms with Crippen LogP contribution in [0.3, 0.4) is 0 Å². The minimum absolute atomic E-state index is 0.00518. The van der Waals surface area contributed by atoms with E-state index in [1.807, 2.05) is 31.2 Å². The number of carbonyl (C=O) groups is 3. The summed E-state index contributed by atoms with van der Waals surface area (Å²) in [5.74, 6) is -0.820. The van der Waals surface area contributed by atoms with Gasteiger partial charge < -0.3 is 26.1 Å². The fourth-order valence-corrected chi connectivity index (χ4v) is 4.17. The minimum Gasteiger partial charge on any atom is -0.467 e. The van der Waals surface area contributed by atoms with Crippen LogP contribution < -0.4 is 16.8 Å². The van der Waals surface area contributed by atoms with Crippen molar-refractivity contribution >= 4 is 34.9 Å². The third kappa shape index (κ3) is 5.82. The molecule has 0 radical (unpaired) electrons. The number of carbonyl (C=O) groups excluding carboxylic acids is 3. The van der Waals surface area contributed by atoms with Gasteiger partial charge in [0.05, 0.1) is 18.5 Å². The number of hydrogen-bond acceptors (Lipinski definition) is 7. The summed E-state index contributed by atoms with van der Waals surface area (Å²) in [6, 6.07) is 9.84. The van der Waals surface area contributed by atoms with Gasteiger partial charge in [0, 0.05) is 6.54 Å². The van der Waals surface area contributed by atoms with E-state index in [0.717, 1.165) is 23.5 Å². The average molecular weight is 484 g/mol. The van der Waals surface area contributed by atoms with Crippen molar-refractivity contribution < 1.29 is 18.8 Å². The molecule has 0 saturated carbocycles. The highest BCUT2D eigenvalue weighted by Crippen LogP contribution is 2.30. The normalized spacial score (nSPS) is 11.9. The maximum absolute atomic E-state index is 13.7. The molecule has 0 fully saturated rings. The number of aromatic nitrogens is 1. The van der Waals surface area contributed by atoms with E-state index in [4.69, 9.17) is 15.9 Å². The second kappa shape index (κ2) is 11.0. The molecule has 3 amide bonds. The van der Waals surface area contributed by atoms with E-state index in [1.54, 1.807) is 12.1 Å². The van der Waals surface area contributed by atoms with Crippen molar-refractivity contribution in [1.82, 2.24) is 14.6 Å². The van der Waals surface area contributed by atoms with Gasteiger partial charge in [0.15, 0.2) is 5.69 Å². The third-order valence-electron chi connectivity index (χ3n) is 5.30. The maximum Gasteiger partial charge on any atom is 0.270 e. The number of aryl methyl sites for hydroxylation is 1. The van der Waals surface area contributed by atoms with E-state index in [0.29, 0.717) is 23.8 Å². The van der Waals surface area contributed by atoms with Crippen molar-refractivity contribution in [3.63, 3.8) is 0 Å². The lowest BCUT2D eigenvalue weighted by Crippen LogP contribution is -2.43. The van der Waals surface area contributed by atoms with Crippen molar-refractivity contribution in [3.8, 4) is 0 Å². The molecule has 0 saturated heterocycles. The summed E-state index contributed by atoms with van der Waals surface area (Å²) >= 11 is 0.773. The fourth-order valence-electron chi connectivity index (χ4n) is 3.41. The minimum atomic E-state index is -0.969. The topological polar surface area (TPSA) is 145 Å². The summed E-state index contributed by atoms with van der Waals surface area (Å²) in [4.78, 5) is 40.2. The summed E-state index contributed by atoms with van der Waals surface area (Å²) in [6.45, 7) is 6.55. The molecule has 0 aliphatic carbocycles. The zero-order chi connectivity index (χ0) is 24.8. The molecule has 3 rings (SSSR count). The highest BCUT2D eigenvalue weighted by atomic mass is 32.1. The van der Waals surface area contributed by atoms with Crippen molar-refractivity contribution in [2.45, 2.75) is 39.8 Å². The molecule has 0 unspecified atom stereocenters. The molecule has 1 aromatic carbocycles. The van der Waals surface area contributed by atoms with E-state index in [9.17, 15) is 14.4 Å². The quantitative estimate of drug-likeness (QED) is 0.404. The number of furan rings is 1. The van der Waals surface area contributed by atoms with Crippen LogP contribution in [0.5, 0.6) is 0 Å². The molecule has 0 spiro atoms. The van der Waals surface area contributed by atoms with Gasteiger partial charge in [-0.25, -0.2) is 0 Å². The molecule has 3 aromatic rings. The number of hydrogen-bond donors (Lipinski definition) is 3. The highest BCUT2D eigenvalue weighted by Gasteiger charge is 2.35. The lowest BCUT2D eigenvalue weighted by Gasteiger charge is -2.30. The SMILES string of the molecule is Cc1ccc([C@@H](C(=O)NCCC(C)C)N(Cc2ccco2)C(=O)c2snc(C(N)=O)c2N)cc1. The van der Waals surface area contributed by atoms with Gasteiger partial charge in [0.1, 0.15) is 16.7 Å². The van der Waals surface area contributed by atoms with Crippen LogP contribution >= 0.6 is 11.5 Å². The lowest BCUT2D eigenvalue weighted by molar-refractivity contribution is -0.126. The summed E-state index contributed by atoms with van der Waals surface area (Å²) in [6.07, 6.45) is 2.29. The van der Waals surface area contributed by atoms with Crippen LogP contribution in [0, 0.1) is 12.8 Å². The zero-order valence-electron chi connectivity index (χ0n) is 19.4. The Morgan fingerprint density at radius 2 is 1.88 bits per heavy atom. The molecule has 0 bridgehead atoms. The molecule has 1 atom stereocenters. The second-order valence-electron chi connectivity index (χ2n) is 8.44. The van der Waals surface area contributed by atoms with Gasteiger partial charge in [-0.05, 0) is 48.5 Å². The average Bonchev–Trinajstić information content (AvgIpc) is 3.43. The van der Waals surface area contributed by atoms with Gasteiger partial charge in [-0.15, -0.1) is 0 Å². The van der Waals surface area contributed by atoms with Crippen LogP contribution in [-0.4, -0.2) is 33.5 Å². The Balaban J connectivity index is 2.05. The molecular formula is C24H29N5O4S. The molecule has 2 heterocycles. The van der Waals surface area contributed by atoms with Gasteiger partial charge in [0.2, 0.25) is 5.91 Å². The number of rotatable bonds is 10. The lowest BCUT2D eigenvalue weighted by atomic mass is 10.0. The van der Waals surface area contributed by atoms with E-state index in [1.165, 1.54) is 11.2 Å². The zero-order valence-corrected chi connectivity index (χ0v) is 20.2. The van der Waals surface area contributed by atoms with E-state index in [-0.39, 0.29) is 28.7 Å². The summed E-state index contributed by atoms with van der Waals surface area (Å²) in [5.41, 5.74) is 12.7. The Kier molecular flexibility index (Phi) is 8.06. The molecule has 2 aromatic heterocycles. The molecular weight excluding hydrogens is 454 g/mol. The molecule has 10 heteroatoms. The van der Waals surface area contributed by atoms with E-state index in [2.05, 4.69) is 23.5 Å². The van der Waals surface area contributed by atoms with Crippen molar-refractivity contribution in [2.24, 2.45) is 11.7 Å². The summed E-state index contributed by atoms with van der Waals surface area (Å²) < 4.78 is 9.42. The van der Waals surface area contributed by atoms with Crippen molar-refractivity contribution in [1.29, 1.82) is 0 Å². The van der Waals surface area contributed by atoms with E-state index >= 15 is 0 Å². The standard InChI is InChI=1S/C24H29N5O4S/c1-14(2)10-11-27-23(31)20(16-8-6-15(3)7-9-16)29(13-17-5-4-12-33-17)24(32)21-18(25)19(22(26)30)28-34-21/h4-9,12,14,20H,10-11,13,25H2,1-3H3,(H2,26,30)(H,27,31)/t20-/m0/s1. The number of anilines is 1. The largest absolute Gasteiger partial charge is 0.467 e. The Hall–Kier alpha value is -3.66. The number of nitrogens with two attached hydrogens (primary N) is 2. The van der Waals surface area contributed by atoms with Gasteiger partial charge in [-0.3, -0.25) is 14.4 Å². The van der Waals surface area contributed by atoms with Crippen LogP contribution in [0.2, 0.25) is 0 Å². The Morgan fingerprint density at radius 1 is 1.18 bits per heavy atom.